The molecule has 0 bridgehead atoms. The van der Waals surface area contributed by atoms with Crippen LogP contribution in [0.2, 0.25) is 0 Å². The number of piperidine rings is 1. The zero-order valence-corrected chi connectivity index (χ0v) is 10.5. The molecule has 0 aromatic heterocycles. The van der Waals surface area contributed by atoms with Gasteiger partial charge in [0.25, 0.3) is 0 Å². The highest BCUT2D eigenvalue weighted by Crippen LogP contribution is 2.30. The lowest BCUT2D eigenvalue weighted by Gasteiger charge is -2.28. The van der Waals surface area contributed by atoms with Gasteiger partial charge in [0.2, 0.25) is 0 Å². The first kappa shape index (κ1) is 11.1. The topological polar surface area (TPSA) is 21.3 Å². The summed E-state index contributed by atoms with van der Waals surface area (Å²) in [6.07, 6.45) is 5.51. The van der Waals surface area contributed by atoms with Gasteiger partial charge < -0.3 is 10.1 Å². The van der Waals surface area contributed by atoms with Gasteiger partial charge in [0.1, 0.15) is 5.75 Å². The number of ether oxygens (including phenoxy) is 1. The highest BCUT2D eigenvalue weighted by Gasteiger charge is 2.24. The molecule has 1 N–H and O–H groups in total. The molecule has 2 aliphatic rings. The second kappa shape index (κ2) is 4.69. The fourth-order valence-electron chi connectivity index (χ4n) is 2.47. The molecule has 1 saturated carbocycles. The van der Waals surface area contributed by atoms with Gasteiger partial charge in [-0.2, -0.15) is 0 Å². The highest BCUT2D eigenvalue weighted by atomic mass is 16.5. The molecular formula is C15H21NO. The second-order valence-corrected chi connectivity index (χ2v) is 5.53. The summed E-state index contributed by atoms with van der Waals surface area (Å²) in [5, 5.41) is 3.63. The number of hydrogen-bond acceptors (Lipinski definition) is 2. The molecule has 0 spiro atoms. The Kier molecular flexibility index (Phi) is 3.06. The lowest BCUT2D eigenvalue weighted by Crippen LogP contribution is -2.31. The maximum Gasteiger partial charge on any atom is 0.120 e. The van der Waals surface area contributed by atoms with E-state index < -0.39 is 0 Å². The Labute approximate surface area is 103 Å². The zero-order chi connectivity index (χ0) is 11.7. The number of hydrogen-bond donors (Lipinski definition) is 1. The van der Waals surface area contributed by atoms with Crippen molar-refractivity contribution in [2.24, 2.45) is 5.92 Å². The Morgan fingerprint density at radius 1 is 1.18 bits per heavy atom. The molecule has 1 aromatic rings. The van der Waals surface area contributed by atoms with E-state index in [9.17, 15) is 0 Å². The number of benzene rings is 1. The molecule has 1 saturated heterocycles. The van der Waals surface area contributed by atoms with Gasteiger partial charge >= 0.3 is 0 Å². The molecule has 2 unspecified atom stereocenters. The van der Waals surface area contributed by atoms with Crippen LogP contribution in [0.1, 0.15) is 44.2 Å². The average Bonchev–Trinajstić information content (AvgIpc) is 3.14. The maximum absolute atomic E-state index is 5.85. The molecule has 1 aromatic carbocycles. The average molecular weight is 231 g/mol. The summed E-state index contributed by atoms with van der Waals surface area (Å²) in [5.74, 6) is 1.86. The van der Waals surface area contributed by atoms with Gasteiger partial charge in [0, 0.05) is 6.04 Å². The highest BCUT2D eigenvalue weighted by molar-refractivity contribution is 5.31. The first-order valence-electron chi connectivity index (χ1n) is 6.81. The van der Waals surface area contributed by atoms with E-state index in [0.717, 1.165) is 18.2 Å². The summed E-state index contributed by atoms with van der Waals surface area (Å²) in [6.45, 7) is 3.45. The van der Waals surface area contributed by atoms with Gasteiger partial charge in [0.05, 0.1) is 6.10 Å². The van der Waals surface area contributed by atoms with Crippen molar-refractivity contribution in [1.29, 1.82) is 0 Å². The quantitative estimate of drug-likeness (QED) is 0.862. The van der Waals surface area contributed by atoms with E-state index in [1.165, 1.54) is 31.2 Å². The normalized spacial score (nSPS) is 29.0. The molecule has 1 aliphatic heterocycles. The van der Waals surface area contributed by atoms with Crippen LogP contribution in [0.3, 0.4) is 0 Å². The van der Waals surface area contributed by atoms with E-state index >= 15 is 0 Å². The van der Waals surface area contributed by atoms with Crippen molar-refractivity contribution in [1.82, 2.24) is 5.32 Å². The van der Waals surface area contributed by atoms with Crippen molar-refractivity contribution >= 4 is 0 Å². The predicted octanol–water partition coefficient (Wildman–Crippen LogP) is 3.29. The molecule has 17 heavy (non-hydrogen) atoms. The Bertz CT molecular complexity index is 378. The Balaban J connectivity index is 1.68. The van der Waals surface area contributed by atoms with Crippen LogP contribution in [-0.4, -0.2) is 12.6 Å². The minimum Gasteiger partial charge on any atom is -0.490 e. The Hall–Kier alpha value is -1.02. The van der Waals surface area contributed by atoms with Crippen LogP contribution in [0, 0.1) is 5.92 Å². The molecule has 0 amide bonds. The van der Waals surface area contributed by atoms with Crippen LogP contribution < -0.4 is 10.1 Å². The molecule has 2 fully saturated rings. The van der Waals surface area contributed by atoms with Gasteiger partial charge in [0.15, 0.2) is 0 Å². The standard InChI is InChI=1S/C15H21NO/c1-11-5-8-15(16-10-11)12-3-2-4-14(9-12)17-13-6-7-13/h2-4,9,11,13,15-16H,5-8,10H2,1H3. The number of rotatable bonds is 3. The van der Waals surface area contributed by atoms with E-state index in [1.807, 2.05) is 0 Å². The van der Waals surface area contributed by atoms with Gasteiger partial charge in [-0.1, -0.05) is 19.1 Å². The van der Waals surface area contributed by atoms with Gasteiger partial charge in [-0.3, -0.25) is 0 Å². The van der Waals surface area contributed by atoms with E-state index in [1.54, 1.807) is 0 Å². The maximum atomic E-state index is 5.85. The lowest BCUT2D eigenvalue weighted by atomic mass is 9.92. The Morgan fingerprint density at radius 3 is 2.76 bits per heavy atom. The second-order valence-electron chi connectivity index (χ2n) is 5.53. The van der Waals surface area contributed by atoms with Crippen LogP contribution in [0.4, 0.5) is 0 Å². The zero-order valence-electron chi connectivity index (χ0n) is 10.5. The lowest BCUT2D eigenvalue weighted by molar-refractivity contribution is 0.300. The fraction of sp³-hybridized carbons (Fsp3) is 0.600. The summed E-state index contributed by atoms with van der Waals surface area (Å²) >= 11 is 0. The van der Waals surface area contributed by atoms with E-state index in [4.69, 9.17) is 4.74 Å². The van der Waals surface area contributed by atoms with Gasteiger partial charge in [-0.05, 0) is 55.8 Å². The molecule has 92 valence electrons. The minimum atomic E-state index is 0.490. The smallest absolute Gasteiger partial charge is 0.120 e. The third kappa shape index (κ3) is 2.81. The summed E-state index contributed by atoms with van der Waals surface area (Å²) in [6, 6.07) is 9.15. The Morgan fingerprint density at radius 2 is 2.06 bits per heavy atom. The summed E-state index contributed by atoms with van der Waals surface area (Å²) in [7, 11) is 0. The molecule has 1 heterocycles. The molecule has 2 heteroatoms. The van der Waals surface area contributed by atoms with E-state index in [-0.39, 0.29) is 0 Å². The van der Waals surface area contributed by atoms with Crippen LogP contribution in [0.5, 0.6) is 5.75 Å². The van der Waals surface area contributed by atoms with Crippen LogP contribution in [0.25, 0.3) is 0 Å². The summed E-state index contributed by atoms with van der Waals surface area (Å²) < 4.78 is 5.85. The van der Waals surface area contributed by atoms with E-state index in [0.29, 0.717) is 12.1 Å². The SMILES string of the molecule is CC1CCC(c2cccc(OC3CC3)c2)NC1. The van der Waals surface area contributed by atoms with Crippen molar-refractivity contribution in [2.75, 3.05) is 6.54 Å². The molecular weight excluding hydrogens is 210 g/mol. The largest absolute Gasteiger partial charge is 0.490 e. The van der Waals surface area contributed by atoms with Crippen LogP contribution in [-0.2, 0) is 0 Å². The first-order valence-corrected chi connectivity index (χ1v) is 6.81. The fourth-order valence-corrected chi connectivity index (χ4v) is 2.47. The molecule has 3 rings (SSSR count). The van der Waals surface area contributed by atoms with Crippen molar-refractivity contribution in [2.45, 2.75) is 44.8 Å². The predicted molar refractivity (Wildman–Crippen MR) is 69.2 cm³/mol. The third-order valence-electron chi connectivity index (χ3n) is 3.75. The molecule has 2 nitrogen and oxygen atoms in total. The van der Waals surface area contributed by atoms with Crippen LogP contribution in [0.15, 0.2) is 24.3 Å². The first-order chi connectivity index (χ1) is 8.31. The molecule has 1 aliphatic carbocycles. The van der Waals surface area contributed by atoms with Gasteiger partial charge in [-0.25, -0.2) is 0 Å². The summed E-state index contributed by atoms with van der Waals surface area (Å²) in [4.78, 5) is 0. The van der Waals surface area contributed by atoms with Gasteiger partial charge in [-0.15, -0.1) is 0 Å². The van der Waals surface area contributed by atoms with Crippen molar-refractivity contribution < 1.29 is 4.74 Å². The monoisotopic (exact) mass is 231 g/mol. The van der Waals surface area contributed by atoms with Crippen LogP contribution >= 0.6 is 0 Å². The van der Waals surface area contributed by atoms with Crippen molar-refractivity contribution in [3.63, 3.8) is 0 Å². The summed E-state index contributed by atoms with van der Waals surface area (Å²) in [5.41, 5.74) is 1.38. The minimum absolute atomic E-state index is 0.490. The van der Waals surface area contributed by atoms with E-state index in [2.05, 4.69) is 36.5 Å². The van der Waals surface area contributed by atoms with Crippen molar-refractivity contribution in [3.05, 3.63) is 29.8 Å². The molecule has 0 radical (unpaired) electrons. The molecule has 2 atom stereocenters. The van der Waals surface area contributed by atoms with Crippen molar-refractivity contribution in [3.8, 4) is 5.75 Å². The number of nitrogens with one attached hydrogen (secondary N) is 1. The third-order valence-corrected chi connectivity index (χ3v) is 3.75.